The van der Waals surface area contributed by atoms with E-state index in [1.54, 1.807) is 24.3 Å². The van der Waals surface area contributed by atoms with Gasteiger partial charge in [-0.25, -0.2) is 4.79 Å². The highest BCUT2D eigenvalue weighted by molar-refractivity contribution is 5.78. The zero-order valence-corrected chi connectivity index (χ0v) is 12.9. The maximum absolute atomic E-state index is 14.2. The Morgan fingerprint density at radius 1 is 1.35 bits per heavy atom. The van der Waals surface area contributed by atoms with Gasteiger partial charge in [-0.1, -0.05) is 12.1 Å². The number of esters is 2. The molecule has 0 radical (unpaired) electrons. The number of halogens is 2. The SMILES string of the molecule is CCOC(=O)C(F)(F)C[C@]1(c2ccc(OC)cc2)CCC(=O)O1. The van der Waals surface area contributed by atoms with E-state index in [1.807, 2.05) is 0 Å². The minimum absolute atomic E-state index is 0.0188. The second-order valence-corrected chi connectivity index (χ2v) is 5.30. The minimum Gasteiger partial charge on any atom is -0.497 e. The van der Waals surface area contributed by atoms with Crippen LogP contribution in [0.25, 0.3) is 0 Å². The van der Waals surface area contributed by atoms with Crippen LogP contribution >= 0.6 is 0 Å². The van der Waals surface area contributed by atoms with Crippen molar-refractivity contribution in [2.24, 2.45) is 0 Å². The molecule has 7 heteroatoms. The maximum Gasteiger partial charge on any atom is 0.377 e. The fraction of sp³-hybridized carbons (Fsp3) is 0.500. The van der Waals surface area contributed by atoms with Crippen LogP contribution in [-0.4, -0.2) is 31.6 Å². The molecule has 0 N–H and O–H groups in total. The van der Waals surface area contributed by atoms with Gasteiger partial charge in [0.05, 0.1) is 20.1 Å². The summed E-state index contributed by atoms with van der Waals surface area (Å²) >= 11 is 0. The summed E-state index contributed by atoms with van der Waals surface area (Å²) in [5, 5.41) is 0. The van der Waals surface area contributed by atoms with Gasteiger partial charge in [-0.2, -0.15) is 8.78 Å². The normalized spacial score (nSPS) is 21.0. The Bertz CT molecular complexity index is 585. The first-order valence-corrected chi connectivity index (χ1v) is 7.24. The van der Waals surface area contributed by atoms with Gasteiger partial charge in [0, 0.05) is 12.8 Å². The van der Waals surface area contributed by atoms with E-state index in [4.69, 9.17) is 9.47 Å². The van der Waals surface area contributed by atoms with E-state index in [1.165, 1.54) is 14.0 Å². The summed E-state index contributed by atoms with van der Waals surface area (Å²) < 4.78 is 43.0. The monoisotopic (exact) mass is 328 g/mol. The standard InChI is InChI=1S/C16H18F2O5/c1-3-22-14(20)16(17,18)10-15(9-8-13(19)23-15)11-4-6-12(21-2)7-5-11/h4-7H,3,8-10H2,1-2H3/t15-/m0/s1. The van der Waals surface area contributed by atoms with Gasteiger partial charge < -0.3 is 14.2 Å². The second kappa shape index (κ2) is 6.52. The summed E-state index contributed by atoms with van der Waals surface area (Å²) in [6, 6.07) is 6.29. The van der Waals surface area contributed by atoms with E-state index >= 15 is 0 Å². The van der Waals surface area contributed by atoms with Gasteiger partial charge in [0.15, 0.2) is 0 Å². The lowest BCUT2D eigenvalue weighted by Crippen LogP contribution is -2.40. The molecule has 23 heavy (non-hydrogen) atoms. The zero-order valence-electron chi connectivity index (χ0n) is 12.9. The Morgan fingerprint density at radius 2 is 2.00 bits per heavy atom. The zero-order chi connectivity index (χ0) is 17.1. The number of benzene rings is 1. The van der Waals surface area contributed by atoms with E-state index in [0.29, 0.717) is 11.3 Å². The highest BCUT2D eigenvalue weighted by atomic mass is 19.3. The van der Waals surface area contributed by atoms with Gasteiger partial charge in [-0.15, -0.1) is 0 Å². The Hall–Kier alpha value is -2.18. The predicted molar refractivity (Wildman–Crippen MR) is 76.2 cm³/mol. The Kier molecular flexibility index (Phi) is 4.87. The lowest BCUT2D eigenvalue weighted by Gasteiger charge is -2.31. The van der Waals surface area contributed by atoms with Crippen molar-refractivity contribution in [2.75, 3.05) is 13.7 Å². The van der Waals surface area contributed by atoms with Gasteiger partial charge in [-0.3, -0.25) is 4.79 Å². The number of rotatable bonds is 6. The summed E-state index contributed by atoms with van der Waals surface area (Å²) in [4.78, 5) is 23.0. The first-order valence-electron chi connectivity index (χ1n) is 7.24. The molecule has 0 spiro atoms. The molecule has 1 fully saturated rings. The third-order valence-electron chi connectivity index (χ3n) is 3.74. The molecule has 1 aromatic rings. The molecule has 0 amide bonds. The average molecular weight is 328 g/mol. The van der Waals surface area contributed by atoms with Crippen LogP contribution in [0.15, 0.2) is 24.3 Å². The topological polar surface area (TPSA) is 61.8 Å². The fourth-order valence-electron chi connectivity index (χ4n) is 2.62. The molecular weight excluding hydrogens is 310 g/mol. The number of cyclic esters (lactones) is 1. The molecule has 5 nitrogen and oxygen atoms in total. The molecule has 0 unspecified atom stereocenters. The van der Waals surface area contributed by atoms with Crippen LogP contribution < -0.4 is 4.74 Å². The van der Waals surface area contributed by atoms with E-state index in [-0.39, 0.29) is 19.4 Å². The molecule has 1 saturated heterocycles. The van der Waals surface area contributed by atoms with Gasteiger partial charge in [0.25, 0.3) is 0 Å². The number of hydrogen-bond donors (Lipinski definition) is 0. The van der Waals surface area contributed by atoms with Gasteiger partial charge in [0.1, 0.15) is 11.4 Å². The van der Waals surface area contributed by atoms with Crippen LogP contribution in [0.1, 0.15) is 31.7 Å². The molecule has 1 heterocycles. The van der Waals surface area contributed by atoms with Crippen molar-refractivity contribution < 1.29 is 32.6 Å². The highest BCUT2D eigenvalue weighted by Crippen LogP contribution is 2.45. The molecule has 1 aromatic carbocycles. The first-order chi connectivity index (χ1) is 10.8. The van der Waals surface area contributed by atoms with Gasteiger partial charge >= 0.3 is 17.9 Å². The van der Waals surface area contributed by atoms with Crippen molar-refractivity contribution in [3.8, 4) is 5.75 Å². The van der Waals surface area contributed by atoms with Crippen molar-refractivity contribution in [3.05, 3.63) is 29.8 Å². The smallest absolute Gasteiger partial charge is 0.377 e. The fourth-order valence-corrected chi connectivity index (χ4v) is 2.62. The van der Waals surface area contributed by atoms with Crippen molar-refractivity contribution in [2.45, 2.75) is 37.7 Å². The molecule has 126 valence electrons. The first kappa shape index (κ1) is 17.2. The maximum atomic E-state index is 14.2. The van der Waals surface area contributed by atoms with E-state index in [2.05, 4.69) is 4.74 Å². The third-order valence-corrected chi connectivity index (χ3v) is 3.74. The number of carbonyl (C=O) groups is 2. The van der Waals surface area contributed by atoms with Gasteiger partial charge in [0.2, 0.25) is 0 Å². The van der Waals surface area contributed by atoms with E-state index in [9.17, 15) is 18.4 Å². The van der Waals surface area contributed by atoms with Crippen molar-refractivity contribution >= 4 is 11.9 Å². The van der Waals surface area contributed by atoms with Crippen molar-refractivity contribution in [3.63, 3.8) is 0 Å². The van der Waals surface area contributed by atoms with Crippen molar-refractivity contribution in [1.82, 2.24) is 0 Å². The quantitative estimate of drug-likeness (QED) is 0.752. The predicted octanol–water partition coefficient (Wildman–Crippen LogP) is 2.82. The third kappa shape index (κ3) is 3.60. The lowest BCUT2D eigenvalue weighted by molar-refractivity contribution is -0.184. The van der Waals surface area contributed by atoms with Crippen molar-refractivity contribution in [1.29, 1.82) is 0 Å². The minimum atomic E-state index is -3.75. The molecule has 1 aliphatic heterocycles. The Labute approximate surface area is 132 Å². The molecule has 0 aliphatic carbocycles. The van der Waals surface area contributed by atoms with Crippen LogP contribution in [0.5, 0.6) is 5.75 Å². The Balaban J connectivity index is 2.32. The largest absolute Gasteiger partial charge is 0.497 e. The van der Waals surface area contributed by atoms with E-state index in [0.717, 1.165) is 0 Å². The number of hydrogen-bond acceptors (Lipinski definition) is 5. The summed E-state index contributed by atoms with van der Waals surface area (Å²) in [6.45, 7) is 1.30. The number of carbonyl (C=O) groups excluding carboxylic acids is 2. The number of alkyl halides is 2. The molecule has 0 saturated carbocycles. The summed E-state index contributed by atoms with van der Waals surface area (Å²) in [7, 11) is 1.48. The lowest BCUT2D eigenvalue weighted by atomic mass is 9.85. The average Bonchev–Trinajstić information content (AvgIpc) is 2.89. The summed E-state index contributed by atoms with van der Waals surface area (Å²) in [6.07, 6.45) is -0.852. The van der Waals surface area contributed by atoms with E-state index < -0.39 is 29.9 Å². The molecular formula is C16H18F2O5. The molecule has 1 atom stereocenters. The molecule has 2 rings (SSSR count). The second-order valence-electron chi connectivity index (χ2n) is 5.30. The van der Waals surface area contributed by atoms with Crippen LogP contribution in [0.3, 0.4) is 0 Å². The van der Waals surface area contributed by atoms with Crippen LogP contribution in [0.2, 0.25) is 0 Å². The molecule has 0 aromatic heterocycles. The Morgan fingerprint density at radius 3 is 2.48 bits per heavy atom. The summed E-state index contributed by atoms with van der Waals surface area (Å²) in [5.74, 6) is -5.39. The number of ether oxygens (including phenoxy) is 3. The molecule has 1 aliphatic rings. The highest BCUT2D eigenvalue weighted by Gasteiger charge is 2.53. The number of methoxy groups -OCH3 is 1. The van der Waals surface area contributed by atoms with Crippen LogP contribution in [0, 0.1) is 0 Å². The van der Waals surface area contributed by atoms with Crippen LogP contribution in [-0.2, 0) is 24.7 Å². The summed E-state index contributed by atoms with van der Waals surface area (Å²) in [5.41, 5.74) is -1.15. The van der Waals surface area contributed by atoms with Gasteiger partial charge in [-0.05, 0) is 24.6 Å². The molecule has 0 bridgehead atoms. The van der Waals surface area contributed by atoms with Crippen LogP contribution in [0.4, 0.5) is 8.78 Å².